The summed E-state index contributed by atoms with van der Waals surface area (Å²) in [6.45, 7) is 5.33. The summed E-state index contributed by atoms with van der Waals surface area (Å²) < 4.78 is 7.70. The van der Waals surface area contributed by atoms with Crippen LogP contribution in [0.15, 0.2) is 18.2 Å². The molecule has 0 spiro atoms. The van der Waals surface area contributed by atoms with Gasteiger partial charge in [-0.15, -0.1) is 0 Å². The van der Waals surface area contributed by atoms with Crippen molar-refractivity contribution in [3.8, 4) is 0 Å². The summed E-state index contributed by atoms with van der Waals surface area (Å²) in [6.07, 6.45) is 0. The maximum atomic E-state index is 11.6. The number of amides is 3. The molecule has 1 atom stereocenters. The third-order valence-corrected chi connectivity index (χ3v) is 3.83. The standard InChI is InChI=1S/C16H21N5O3/c1-3-17-16(23)18-7-12-8-24-9-15-20-13-6-11(19-10(2)22)4-5-14(13)21(12)15/h4-6,12H,3,7-9H2,1-2H3,(H,19,22)(H2,17,18,23). The first-order valence-electron chi connectivity index (χ1n) is 7.96. The second-order valence-electron chi connectivity index (χ2n) is 5.69. The number of nitrogens with one attached hydrogen (secondary N) is 3. The molecule has 1 aromatic heterocycles. The predicted molar refractivity (Wildman–Crippen MR) is 89.8 cm³/mol. The Morgan fingerprint density at radius 2 is 2.21 bits per heavy atom. The van der Waals surface area contributed by atoms with Gasteiger partial charge in [-0.1, -0.05) is 0 Å². The van der Waals surface area contributed by atoms with Gasteiger partial charge >= 0.3 is 6.03 Å². The number of aromatic nitrogens is 2. The number of ether oxygens (including phenoxy) is 1. The highest BCUT2D eigenvalue weighted by molar-refractivity contribution is 5.91. The Labute approximate surface area is 139 Å². The first-order chi connectivity index (χ1) is 11.6. The maximum Gasteiger partial charge on any atom is 0.314 e. The zero-order chi connectivity index (χ0) is 17.1. The molecule has 128 valence electrons. The first kappa shape index (κ1) is 16.3. The SMILES string of the molecule is CCNC(=O)NCC1COCc2nc3cc(NC(C)=O)ccc3n21. The quantitative estimate of drug-likeness (QED) is 0.788. The molecule has 0 saturated carbocycles. The lowest BCUT2D eigenvalue weighted by Crippen LogP contribution is -2.40. The van der Waals surface area contributed by atoms with Crippen LogP contribution in [0.1, 0.15) is 25.7 Å². The van der Waals surface area contributed by atoms with Gasteiger partial charge < -0.3 is 25.3 Å². The summed E-state index contributed by atoms with van der Waals surface area (Å²) in [5.41, 5.74) is 2.47. The van der Waals surface area contributed by atoms with E-state index < -0.39 is 0 Å². The normalized spacial score (nSPS) is 16.5. The molecule has 2 aromatic rings. The Morgan fingerprint density at radius 1 is 1.38 bits per heavy atom. The molecular weight excluding hydrogens is 310 g/mol. The minimum absolute atomic E-state index is 0.0204. The van der Waals surface area contributed by atoms with Crippen molar-refractivity contribution in [2.45, 2.75) is 26.5 Å². The first-order valence-corrected chi connectivity index (χ1v) is 7.96. The monoisotopic (exact) mass is 331 g/mol. The van der Waals surface area contributed by atoms with Crippen molar-refractivity contribution in [1.29, 1.82) is 0 Å². The summed E-state index contributed by atoms with van der Waals surface area (Å²) in [5.74, 6) is 0.699. The number of nitrogens with zero attached hydrogens (tertiary/aromatic N) is 2. The third-order valence-electron chi connectivity index (χ3n) is 3.83. The van der Waals surface area contributed by atoms with E-state index in [1.807, 2.05) is 25.1 Å². The Kier molecular flexibility index (Phi) is 4.66. The van der Waals surface area contributed by atoms with Crippen LogP contribution in [0.4, 0.5) is 10.5 Å². The van der Waals surface area contributed by atoms with Crippen molar-refractivity contribution in [3.05, 3.63) is 24.0 Å². The van der Waals surface area contributed by atoms with E-state index in [0.29, 0.717) is 32.0 Å². The zero-order valence-electron chi connectivity index (χ0n) is 13.8. The molecule has 8 nitrogen and oxygen atoms in total. The Balaban J connectivity index is 1.86. The summed E-state index contributed by atoms with van der Waals surface area (Å²) in [4.78, 5) is 27.4. The van der Waals surface area contributed by atoms with Gasteiger partial charge in [0, 0.05) is 25.7 Å². The number of fused-ring (bicyclic) bond motifs is 3. The largest absolute Gasteiger partial charge is 0.371 e. The second kappa shape index (κ2) is 6.88. The number of hydrogen-bond acceptors (Lipinski definition) is 4. The van der Waals surface area contributed by atoms with Crippen LogP contribution >= 0.6 is 0 Å². The molecule has 1 aromatic carbocycles. The van der Waals surface area contributed by atoms with Crippen molar-refractivity contribution in [3.63, 3.8) is 0 Å². The highest BCUT2D eigenvalue weighted by atomic mass is 16.5. The molecule has 0 saturated heterocycles. The molecule has 3 N–H and O–H groups in total. The average Bonchev–Trinajstić information content (AvgIpc) is 2.90. The molecule has 0 fully saturated rings. The van der Waals surface area contributed by atoms with E-state index in [1.54, 1.807) is 0 Å². The number of imidazole rings is 1. The van der Waals surface area contributed by atoms with Gasteiger partial charge in [-0.2, -0.15) is 0 Å². The lowest BCUT2D eigenvalue weighted by atomic mass is 10.2. The van der Waals surface area contributed by atoms with Crippen LogP contribution in [0.2, 0.25) is 0 Å². The minimum Gasteiger partial charge on any atom is -0.371 e. The molecule has 1 aliphatic rings. The van der Waals surface area contributed by atoms with E-state index in [9.17, 15) is 9.59 Å². The van der Waals surface area contributed by atoms with E-state index >= 15 is 0 Å². The van der Waals surface area contributed by atoms with Gasteiger partial charge in [0.1, 0.15) is 12.4 Å². The fourth-order valence-electron chi connectivity index (χ4n) is 2.88. The highest BCUT2D eigenvalue weighted by Crippen LogP contribution is 2.27. The lowest BCUT2D eigenvalue weighted by molar-refractivity contribution is -0.114. The van der Waals surface area contributed by atoms with Crippen LogP contribution in [-0.2, 0) is 16.1 Å². The molecule has 24 heavy (non-hydrogen) atoms. The van der Waals surface area contributed by atoms with Gasteiger partial charge in [-0.05, 0) is 25.1 Å². The highest BCUT2D eigenvalue weighted by Gasteiger charge is 2.24. The van der Waals surface area contributed by atoms with E-state index in [-0.39, 0.29) is 18.0 Å². The number of anilines is 1. The van der Waals surface area contributed by atoms with Crippen LogP contribution in [0.25, 0.3) is 11.0 Å². The predicted octanol–water partition coefficient (Wildman–Crippen LogP) is 1.39. The van der Waals surface area contributed by atoms with Gasteiger partial charge in [0.25, 0.3) is 0 Å². The van der Waals surface area contributed by atoms with Crippen molar-refractivity contribution in [2.75, 3.05) is 25.0 Å². The fraction of sp³-hybridized carbons (Fsp3) is 0.438. The molecule has 1 unspecified atom stereocenters. The molecule has 8 heteroatoms. The smallest absolute Gasteiger partial charge is 0.314 e. The molecular formula is C16H21N5O3. The van der Waals surface area contributed by atoms with E-state index in [0.717, 1.165) is 16.9 Å². The topological polar surface area (TPSA) is 97.3 Å². The van der Waals surface area contributed by atoms with Gasteiger partial charge in [0.2, 0.25) is 5.91 Å². The van der Waals surface area contributed by atoms with Crippen LogP contribution in [-0.4, -0.2) is 41.2 Å². The molecule has 1 aliphatic heterocycles. The fourth-order valence-corrected chi connectivity index (χ4v) is 2.88. The van der Waals surface area contributed by atoms with Gasteiger partial charge in [0.15, 0.2) is 0 Å². The molecule has 3 rings (SSSR count). The van der Waals surface area contributed by atoms with Gasteiger partial charge in [0.05, 0.1) is 23.7 Å². The van der Waals surface area contributed by atoms with Crippen molar-refractivity contribution >= 4 is 28.7 Å². The summed E-state index contributed by atoms with van der Waals surface area (Å²) in [5, 5.41) is 8.32. The van der Waals surface area contributed by atoms with E-state index in [4.69, 9.17) is 4.74 Å². The Hall–Kier alpha value is -2.61. The van der Waals surface area contributed by atoms with Crippen LogP contribution in [0.5, 0.6) is 0 Å². The second-order valence-corrected chi connectivity index (χ2v) is 5.69. The third kappa shape index (κ3) is 3.33. The van der Waals surface area contributed by atoms with Crippen molar-refractivity contribution in [1.82, 2.24) is 20.2 Å². The Bertz CT molecular complexity index is 770. The van der Waals surface area contributed by atoms with Crippen LogP contribution in [0, 0.1) is 0 Å². The zero-order valence-corrected chi connectivity index (χ0v) is 13.8. The molecule has 0 radical (unpaired) electrons. The van der Waals surface area contributed by atoms with E-state index in [2.05, 4.69) is 25.5 Å². The summed E-state index contributed by atoms with van der Waals surface area (Å²) in [6, 6.07) is 5.41. The van der Waals surface area contributed by atoms with Gasteiger partial charge in [-0.3, -0.25) is 4.79 Å². The van der Waals surface area contributed by atoms with Crippen molar-refractivity contribution < 1.29 is 14.3 Å². The number of rotatable bonds is 4. The lowest BCUT2D eigenvalue weighted by Gasteiger charge is -2.26. The van der Waals surface area contributed by atoms with Crippen LogP contribution < -0.4 is 16.0 Å². The minimum atomic E-state index is -0.193. The average molecular weight is 331 g/mol. The number of hydrogen-bond donors (Lipinski definition) is 3. The number of carbonyl (C=O) groups excluding carboxylic acids is 2. The van der Waals surface area contributed by atoms with Gasteiger partial charge in [-0.25, -0.2) is 9.78 Å². The summed E-state index contributed by atoms with van der Waals surface area (Å²) >= 11 is 0. The summed E-state index contributed by atoms with van der Waals surface area (Å²) in [7, 11) is 0. The van der Waals surface area contributed by atoms with Crippen molar-refractivity contribution in [2.24, 2.45) is 0 Å². The molecule has 0 bridgehead atoms. The van der Waals surface area contributed by atoms with Crippen LogP contribution in [0.3, 0.4) is 0 Å². The number of carbonyl (C=O) groups is 2. The number of benzene rings is 1. The molecule has 2 heterocycles. The molecule has 0 aliphatic carbocycles. The number of urea groups is 1. The molecule has 3 amide bonds. The Morgan fingerprint density at radius 3 is 2.96 bits per heavy atom. The maximum absolute atomic E-state index is 11.6. The van der Waals surface area contributed by atoms with E-state index in [1.165, 1.54) is 6.92 Å².